The first-order valence-electron chi connectivity index (χ1n) is 10.4. The Balaban J connectivity index is 1.46. The quantitative estimate of drug-likeness (QED) is 0.605. The van der Waals surface area contributed by atoms with Gasteiger partial charge in [-0.05, 0) is 36.1 Å². The molecule has 1 aliphatic rings. The first-order chi connectivity index (χ1) is 14.7. The summed E-state index contributed by atoms with van der Waals surface area (Å²) < 4.78 is 0. The Bertz CT molecular complexity index is 983. The molecule has 30 heavy (non-hydrogen) atoms. The molecule has 152 valence electrons. The maximum atomic E-state index is 13.1. The molecule has 0 aliphatic heterocycles. The zero-order chi connectivity index (χ0) is 20.8. The largest absolute Gasteiger partial charge is 0.353 e. The number of carbonyl (C=O) groups excluding carboxylic acids is 2. The molecular weight excluding hydrogens is 372 g/mol. The molecule has 0 aromatic heterocycles. The van der Waals surface area contributed by atoms with Crippen LogP contribution < -0.4 is 10.6 Å². The smallest absolute Gasteiger partial charge is 0.251 e. The summed E-state index contributed by atoms with van der Waals surface area (Å²) in [6.45, 7) is 0.586. The molecule has 1 fully saturated rings. The van der Waals surface area contributed by atoms with E-state index in [0.717, 1.165) is 18.4 Å². The fraction of sp³-hybridized carbons (Fsp3) is 0.231. The van der Waals surface area contributed by atoms with Crippen molar-refractivity contribution in [2.45, 2.75) is 30.7 Å². The van der Waals surface area contributed by atoms with Crippen molar-refractivity contribution in [2.24, 2.45) is 0 Å². The molecule has 0 saturated heterocycles. The van der Waals surface area contributed by atoms with Crippen LogP contribution in [-0.4, -0.2) is 24.4 Å². The van der Waals surface area contributed by atoms with Crippen LogP contribution in [0, 0.1) is 0 Å². The minimum atomic E-state index is -0.633. The number of rotatable bonds is 8. The van der Waals surface area contributed by atoms with E-state index in [-0.39, 0.29) is 17.2 Å². The molecule has 4 heteroatoms. The first-order valence-corrected chi connectivity index (χ1v) is 10.4. The molecule has 1 atom stereocenters. The third kappa shape index (κ3) is 4.77. The summed E-state index contributed by atoms with van der Waals surface area (Å²) in [5.41, 5.74) is 2.84. The highest BCUT2D eigenvalue weighted by Crippen LogP contribution is 2.47. The summed E-state index contributed by atoms with van der Waals surface area (Å²) in [7, 11) is 0. The van der Waals surface area contributed by atoms with Gasteiger partial charge in [0.15, 0.2) is 0 Å². The molecule has 0 heterocycles. The molecule has 3 aromatic rings. The topological polar surface area (TPSA) is 58.2 Å². The zero-order valence-electron chi connectivity index (χ0n) is 16.9. The second kappa shape index (κ2) is 8.95. The van der Waals surface area contributed by atoms with E-state index in [1.165, 1.54) is 5.56 Å². The molecule has 2 N–H and O–H groups in total. The summed E-state index contributed by atoms with van der Waals surface area (Å²) in [5.74, 6) is -0.388. The van der Waals surface area contributed by atoms with Crippen molar-refractivity contribution in [2.75, 3.05) is 6.54 Å². The Hall–Kier alpha value is -3.40. The van der Waals surface area contributed by atoms with Crippen LogP contribution in [0.3, 0.4) is 0 Å². The fourth-order valence-electron chi connectivity index (χ4n) is 3.78. The Morgan fingerprint density at radius 2 is 1.37 bits per heavy atom. The second-order valence-electron chi connectivity index (χ2n) is 7.95. The van der Waals surface area contributed by atoms with Gasteiger partial charge in [-0.1, -0.05) is 78.9 Å². The van der Waals surface area contributed by atoms with E-state index < -0.39 is 6.04 Å². The third-order valence-corrected chi connectivity index (χ3v) is 5.78. The molecular formula is C26H26N2O2. The van der Waals surface area contributed by atoms with Crippen molar-refractivity contribution < 1.29 is 9.59 Å². The maximum Gasteiger partial charge on any atom is 0.251 e. The lowest BCUT2D eigenvalue weighted by Gasteiger charge is -2.22. The average Bonchev–Trinajstić information content (AvgIpc) is 3.60. The average molecular weight is 399 g/mol. The van der Waals surface area contributed by atoms with Crippen LogP contribution in [0.5, 0.6) is 0 Å². The van der Waals surface area contributed by atoms with Gasteiger partial charge in [0.05, 0.1) is 0 Å². The van der Waals surface area contributed by atoms with Crippen LogP contribution in [0.2, 0.25) is 0 Å². The van der Waals surface area contributed by atoms with Crippen molar-refractivity contribution in [1.29, 1.82) is 0 Å². The molecule has 1 aliphatic carbocycles. The van der Waals surface area contributed by atoms with Gasteiger partial charge in [-0.25, -0.2) is 0 Å². The van der Waals surface area contributed by atoms with Crippen molar-refractivity contribution in [3.05, 3.63) is 108 Å². The lowest BCUT2D eigenvalue weighted by atomic mass is 9.95. The minimum Gasteiger partial charge on any atom is -0.353 e. The van der Waals surface area contributed by atoms with Crippen LogP contribution in [0.15, 0.2) is 91.0 Å². The Morgan fingerprint density at radius 3 is 1.97 bits per heavy atom. The lowest BCUT2D eigenvalue weighted by molar-refractivity contribution is -0.123. The van der Waals surface area contributed by atoms with Crippen molar-refractivity contribution in [3.63, 3.8) is 0 Å². The number of nitrogens with one attached hydrogen (secondary N) is 2. The van der Waals surface area contributed by atoms with Gasteiger partial charge in [0.25, 0.3) is 5.91 Å². The highest BCUT2D eigenvalue weighted by molar-refractivity contribution is 5.97. The maximum absolute atomic E-state index is 13.1. The highest BCUT2D eigenvalue weighted by atomic mass is 16.2. The number of benzene rings is 3. The molecule has 3 aromatic carbocycles. The molecule has 0 spiro atoms. The molecule has 2 amide bonds. The molecule has 1 saturated carbocycles. The second-order valence-corrected chi connectivity index (χ2v) is 7.95. The van der Waals surface area contributed by atoms with Crippen molar-refractivity contribution in [1.82, 2.24) is 10.6 Å². The molecule has 4 nitrogen and oxygen atoms in total. The fourth-order valence-corrected chi connectivity index (χ4v) is 3.78. The number of amides is 2. The van der Waals surface area contributed by atoms with E-state index in [0.29, 0.717) is 18.5 Å². The summed E-state index contributed by atoms with van der Waals surface area (Å²) in [4.78, 5) is 25.8. The molecule has 0 bridgehead atoms. The molecule has 1 unspecified atom stereocenters. The standard InChI is InChI=1S/C26H26N2O2/c29-24(21-12-6-2-7-13-21)28-23(18-20-10-4-1-5-11-20)25(30)27-19-26(16-17-26)22-14-8-3-9-15-22/h1-15,23H,16-19H2,(H,27,30)(H,28,29). The van der Waals surface area contributed by atoms with Gasteiger partial charge in [-0.2, -0.15) is 0 Å². The van der Waals surface area contributed by atoms with Gasteiger partial charge in [-0.15, -0.1) is 0 Å². The summed E-state index contributed by atoms with van der Waals surface area (Å²) in [6, 6.07) is 28.5. The van der Waals surface area contributed by atoms with E-state index in [1.54, 1.807) is 12.1 Å². The first kappa shape index (κ1) is 19.9. The summed E-state index contributed by atoms with van der Waals surface area (Å²) in [6.07, 6.45) is 2.58. The highest BCUT2D eigenvalue weighted by Gasteiger charge is 2.44. The van der Waals surface area contributed by atoms with Crippen molar-refractivity contribution >= 4 is 11.8 Å². The third-order valence-electron chi connectivity index (χ3n) is 5.78. The van der Waals surface area contributed by atoms with Crippen LogP contribution in [0.1, 0.15) is 34.3 Å². The van der Waals surface area contributed by atoms with E-state index in [2.05, 4.69) is 22.8 Å². The van der Waals surface area contributed by atoms with Crippen LogP contribution in [0.25, 0.3) is 0 Å². The van der Waals surface area contributed by atoms with Gasteiger partial charge < -0.3 is 10.6 Å². The number of hydrogen-bond donors (Lipinski definition) is 2. The predicted octanol–water partition coefficient (Wildman–Crippen LogP) is 3.88. The van der Waals surface area contributed by atoms with E-state index >= 15 is 0 Å². The van der Waals surface area contributed by atoms with E-state index in [9.17, 15) is 9.59 Å². The normalized spacial score (nSPS) is 15.1. The Kier molecular flexibility index (Phi) is 5.94. The minimum absolute atomic E-state index is 0.0255. The molecule has 0 radical (unpaired) electrons. The van der Waals surface area contributed by atoms with Crippen LogP contribution in [0.4, 0.5) is 0 Å². The van der Waals surface area contributed by atoms with Gasteiger partial charge in [-0.3, -0.25) is 9.59 Å². The van der Waals surface area contributed by atoms with Crippen LogP contribution in [-0.2, 0) is 16.6 Å². The van der Waals surface area contributed by atoms with E-state index in [1.807, 2.05) is 66.7 Å². The number of carbonyl (C=O) groups is 2. The monoisotopic (exact) mass is 398 g/mol. The van der Waals surface area contributed by atoms with E-state index in [4.69, 9.17) is 0 Å². The Morgan fingerprint density at radius 1 is 0.800 bits per heavy atom. The van der Waals surface area contributed by atoms with Gasteiger partial charge in [0, 0.05) is 23.9 Å². The van der Waals surface area contributed by atoms with Gasteiger partial charge in [0.2, 0.25) is 5.91 Å². The zero-order valence-corrected chi connectivity index (χ0v) is 16.9. The lowest BCUT2D eigenvalue weighted by Crippen LogP contribution is -2.49. The number of hydrogen-bond acceptors (Lipinski definition) is 2. The van der Waals surface area contributed by atoms with Gasteiger partial charge >= 0.3 is 0 Å². The Labute approximate surface area is 177 Å². The van der Waals surface area contributed by atoms with Crippen LogP contribution >= 0.6 is 0 Å². The predicted molar refractivity (Wildman–Crippen MR) is 118 cm³/mol. The summed E-state index contributed by atoms with van der Waals surface area (Å²) >= 11 is 0. The SMILES string of the molecule is O=C(NC(Cc1ccccc1)C(=O)NCC1(c2ccccc2)CC1)c1ccccc1. The van der Waals surface area contributed by atoms with Crippen molar-refractivity contribution in [3.8, 4) is 0 Å². The molecule has 4 rings (SSSR count). The summed E-state index contributed by atoms with van der Waals surface area (Å²) in [5, 5.41) is 6.03. The van der Waals surface area contributed by atoms with Gasteiger partial charge in [0.1, 0.15) is 6.04 Å².